The molecule has 1 aromatic heterocycles. The predicted molar refractivity (Wildman–Crippen MR) is 68.5 cm³/mol. The Morgan fingerprint density at radius 3 is 1.41 bits per heavy atom. The van der Waals surface area contributed by atoms with Gasteiger partial charge in [0.1, 0.15) is 0 Å². The number of hydrogen-bond donors (Lipinski definition) is 1. The van der Waals surface area contributed by atoms with Crippen LogP contribution in [-0.4, -0.2) is 15.9 Å². The minimum atomic E-state index is 0. The number of aromatic amines is 1. The summed E-state index contributed by atoms with van der Waals surface area (Å²) in [5, 5.41) is 2.61. The molecule has 0 saturated carbocycles. The van der Waals surface area contributed by atoms with Crippen LogP contribution in [0.2, 0.25) is 0 Å². The van der Waals surface area contributed by atoms with Crippen molar-refractivity contribution in [3.63, 3.8) is 0 Å². The van der Waals surface area contributed by atoms with Gasteiger partial charge in [-0.3, -0.25) is 0 Å². The van der Waals surface area contributed by atoms with E-state index in [9.17, 15) is 0 Å². The van der Waals surface area contributed by atoms with E-state index < -0.39 is 0 Å². The van der Waals surface area contributed by atoms with Crippen molar-refractivity contribution in [2.75, 3.05) is 0 Å². The molecule has 0 saturated heterocycles. The molecule has 0 spiro atoms. The number of H-pyrrole nitrogens is 1. The van der Waals surface area contributed by atoms with E-state index in [1.54, 1.807) is 0 Å². The Balaban J connectivity index is 0. The van der Waals surface area contributed by atoms with Crippen LogP contribution in [0.4, 0.5) is 0 Å². The van der Waals surface area contributed by atoms with E-state index in [1.807, 2.05) is 0 Å². The molecule has 0 radical (unpaired) electrons. The molecule has 1 N–H and O–H groups in total. The molecule has 0 amide bonds. The van der Waals surface area contributed by atoms with Crippen LogP contribution in [-0.2, 0) is 32.7 Å². The third kappa shape index (κ3) is 3.06. The Morgan fingerprint density at radius 2 is 1.00 bits per heavy atom. The SMILES string of the molecule is [O-2].[O-2].[SiH4].[Ti+4].c1ccc2c(c1)[nH]c1ccccc12. The fraction of sp³-hybridized carbons (Fsp3) is 0. The number of fused-ring (bicyclic) bond motifs is 3. The number of benzene rings is 2. The molecule has 3 nitrogen and oxygen atoms in total. The zero-order valence-electron chi connectivity index (χ0n) is 8.44. The van der Waals surface area contributed by atoms with Gasteiger partial charge in [-0.25, -0.2) is 0 Å². The Hall–Kier alpha value is -0.909. The van der Waals surface area contributed by atoms with Crippen LogP contribution in [0.3, 0.4) is 0 Å². The van der Waals surface area contributed by atoms with Crippen LogP contribution < -0.4 is 0 Å². The quantitative estimate of drug-likeness (QED) is 0.607. The van der Waals surface area contributed by atoms with E-state index >= 15 is 0 Å². The van der Waals surface area contributed by atoms with Crippen molar-refractivity contribution in [1.29, 1.82) is 0 Å². The van der Waals surface area contributed by atoms with Gasteiger partial charge in [0.05, 0.1) is 0 Å². The third-order valence-electron chi connectivity index (χ3n) is 2.41. The summed E-state index contributed by atoms with van der Waals surface area (Å²) in [5.41, 5.74) is 2.42. The molecule has 0 unspecified atom stereocenters. The molecule has 1 heterocycles. The van der Waals surface area contributed by atoms with Gasteiger partial charge in [-0.2, -0.15) is 0 Å². The van der Waals surface area contributed by atoms with Gasteiger partial charge in [0.2, 0.25) is 0 Å². The fourth-order valence-corrected chi connectivity index (χ4v) is 1.80. The Labute approximate surface area is 119 Å². The van der Waals surface area contributed by atoms with E-state index in [-0.39, 0.29) is 43.6 Å². The van der Waals surface area contributed by atoms with E-state index in [2.05, 4.69) is 53.5 Å². The monoisotopic (exact) mass is 279 g/mol. The third-order valence-corrected chi connectivity index (χ3v) is 2.41. The second-order valence-electron chi connectivity index (χ2n) is 3.22. The molecule has 0 bridgehead atoms. The normalized spacial score (nSPS) is 8.47. The van der Waals surface area contributed by atoms with Crippen molar-refractivity contribution >= 4 is 32.8 Å². The van der Waals surface area contributed by atoms with Crippen molar-refractivity contribution in [1.82, 2.24) is 4.98 Å². The first-order chi connectivity index (χ1) is 6.45. The Morgan fingerprint density at radius 1 is 0.647 bits per heavy atom. The Bertz CT molecular complexity index is 532. The van der Waals surface area contributed by atoms with Gasteiger partial charge in [0.15, 0.2) is 0 Å². The first-order valence-electron chi connectivity index (χ1n) is 4.40. The minimum absolute atomic E-state index is 0. The zero-order chi connectivity index (χ0) is 8.67. The van der Waals surface area contributed by atoms with Crippen LogP contribution in [0.5, 0.6) is 0 Å². The molecule has 3 rings (SSSR count). The summed E-state index contributed by atoms with van der Waals surface area (Å²) in [6.07, 6.45) is 0. The zero-order valence-corrected chi connectivity index (χ0v) is 10.00. The van der Waals surface area contributed by atoms with Crippen LogP contribution >= 0.6 is 0 Å². The molecule has 0 atom stereocenters. The average molecular weight is 279 g/mol. The molecule has 0 fully saturated rings. The molecule has 0 aliphatic carbocycles. The number of hydrogen-bond acceptors (Lipinski definition) is 0. The molecule has 5 heteroatoms. The first-order valence-corrected chi connectivity index (χ1v) is 4.40. The maximum absolute atomic E-state index is 3.38. The summed E-state index contributed by atoms with van der Waals surface area (Å²) in [5.74, 6) is 0. The number of rotatable bonds is 0. The van der Waals surface area contributed by atoms with Crippen LogP contribution in [0.1, 0.15) is 0 Å². The van der Waals surface area contributed by atoms with E-state index in [0.717, 1.165) is 0 Å². The van der Waals surface area contributed by atoms with Crippen molar-refractivity contribution in [2.45, 2.75) is 0 Å². The smallest absolute Gasteiger partial charge is 2.00 e. The van der Waals surface area contributed by atoms with Gasteiger partial charge in [-0.1, -0.05) is 36.4 Å². The van der Waals surface area contributed by atoms with Crippen LogP contribution in [0.15, 0.2) is 48.5 Å². The maximum Gasteiger partial charge on any atom is 4.00 e. The summed E-state index contributed by atoms with van der Waals surface area (Å²) >= 11 is 0. The molecular formula is C12H13NO2SiTi. The van der Waals surface area contributed by atoms with Crippen LogP contribution in [0.25, 0.3) is 21.8 Å². The van der Waals surface area contributed by atoms with Crippen LogP contribution in [0, 0.1) is 0 Å². The number of aromatic nitrogens is 1. The molecule has 0 aliphatic rings. The molecule has 2 aromatic carbocycles. The number of nitrogens with one attached hydrogen (secondary N) is 1. The first kappa shape index (κ1) is 18.5. The Kier molecular flexibility index (Phi) is 8.06. The second-order valence-corrected chi connectivity index (χ2v) is 3.22. The predicted octanol–water partition coefficient (Wildman–Crippen LogP) is 1.63. The van der Waals surface area contributed by atoms with E-state index in [0.29, 0.717) is 0 Å². The van der Waals surface area contributed by atoms with Crippen molar-refractivity contribution < 1.29 is 32.7 Å². The summed E-state index contributed by atoms with van der Waals surface area (Å²) < 4.78 is 0. The molecule has 17 heavy (non-hydrogen) atoms. The van der Waals surface area contributed by atoms with Gasteiger partial charge in [0, 0.05) is 21.8 Å². The fourth-order valence-electron chi connectivity index (χ4n) is 1.80. The maximum atomic E-state index is 3.38. The average Bonchev–Trinajstić information content (AvgIpc) is 2.56. The summed E-state index contributed by atoms with van der Waals surface area (Å²) in [4.78, 5) is 3.38. The van der Waals surface area contributed by atoms with Gasteiger partial charge >= 0.3 is 21.7 Å². The van der Waals surface area contributed by atoms with Gasteiger partial charge in [-0.05, 0) is 23.1 Å². The second kappa shape index (κ2) is 7.42. The van der Waals surface area contributed by atoms with Gasteiger partial charge < -0.3 is 15.9 Å². The van der Waals surface area contributed by atoms with E-state index in [4.69, 9.17) is 0 Å². The molecule has 86 valence electrons. The van der Waals surface area contributed by atoms with Gasteiger partial charge in [-0.15, -0.1) is 0 Å². The summed E-state index contributed by atoms with van der Waals surface area (Å²) in [6, 6.07) is 16.8. The van der Waals surface area contributed by atoms with Crippen molar-refractivity contribution in [3.8, 4) is 0 Å². The summed E-state index contributed by atoms with van der Waals surface area (Å²) in [7, 11) is 0. The summed E-state index contributed by atoms with van der Waals surface area (Å²) in [6.45, 7) is 0. The minimum Gasteiger partial charge on any atom is -2.00 e. The molecular weight excluding hydrogens is 266 g/mol. The standard InChI is InChI=1S/C12H9N.2O.H4Si.Ti/c1-3-7-11-9(5-1)10-6-2-4-8-12(10)13-11;;;;/h1-8,13H;;;1H4;/q;2*-2;;+4. The van der Waals surface area contributed by atoms with Crippen molar-refractivity contribution in [3.05, 3.63) is 48.5 Å². The van der Waals surface area contributed by atoms with Gasteiger partial charge in [0.25, 0.3) is 0 Å². The van der Waals surface area contributed by atoms with E-state index in [1.165, 1.54) is 21.8 Å². The van der Waals surface area contributed by atoms with Crippen molar-refractivity contribution in [2.24, 2.45) is 0 Å². The molecule has 0 aliphatic heterocycles. The number of para-hydroxylation sites is 2. The molecule has 3 aromatic rings. The topological polar surface area (TPSA) is 72.8 Å². The largest absolute Gasteiger partial charge is 4.00 e.